The second kappa shape index (κ2) is 7.56. The molecule has 122 valence electrons. The van der Waals surface area contributed by atoms with Crippen molar-refractivity contribution in [1.29, 1.82) is 0 Å². The summed E-state index contributed by atoms with van der Waals surface area (Å²) < 4.78 is 11.2. The Hall–Kier alpha value is -0.650. The maximum Gasteiger partial charge on any atom is 0.241 e. The molecule has 2 rings (SSSR count). The quantitative estimate of drug-likeness (QED) is 0.809. The Morgan fingerprint density at radius 1 is 1.33 bits per heavy atom. The molecule has 5 nitrogen and oxygen atoms in total. The Balaban J connectivity index is 2.03. The molecule has 2 aliphatic rings. The van der Waals surface area contributed by atoms with Crippen molar-refractivity contribution in [2.45, 2.75) is 58.8 Å². The van der Waals surface area contributed by atoms with Gasteiger partial charge in [0, 0.05) is 0 Å². The van der Waals surface area contributed by atoms with Gasteiger partial charge in [0.25, 0.3) is 0 Å². The summed E-state index contributed by atoms with van der Waals surface area (Å²) in [5.41, 5.74) is 0. The van der Waals surface area contributed by atoms with Gasteiger partial charge in [-0.3, -0.25) is 10.1 Å². The fourth-order valence-electron chi connectivity index (χ4n) is 3.06. The smallest absolute Gasteiger partial charge is 0.241 e. The van der Waals surface area contributed by atoms with Crippen LogP contribution in [0.4, 0.5) is 0 Å². The van der Waals surface area contributed by atoms with Crippen molar-refractivity contribution in [3.8, 4) is 0 Å². The normalized spacial score (nSPS) is 32.0. The first-order valence-corrected chi connectivity index (χ1v) is 8.28. The topological polar surface area (TPSA) is 50.8 Å². The number of carbonyl (C=O) groups is 1. The van der Waals surface area contributed by atoms with Crippen LogP contribution in [-0.4, -0.2) is 55.5 Å². The lowest BCUT2D eigenvalue weighted by Gasteiger charge is -2.31. The van der Waals surface area contributed by atoms with Crippen LogP contribution < -0.4 is 5.32 Å². The zero-order valence-corrected chi connectivity index (χ0v) is 13.8. The van der Waals surface area contributed by atoms with Crippen LogP contribution in [-0.2, 0) is 14.3 Å². The SMILES string of the molecule is CCC(C)C1NC(CC(C)C)N(CC2COCCO2)C1=O. The highest BCUT2D eigenvalue weighted by Crippen LogP contribution is 2.24. The number of rotatable bonds is 6. The van der Waals surface area contributed by atoms with Gasteiger partial charge in [0.2, 0.25) is 5.91 Å². The average molecular weight is 298 g/mol. The minimum Gasteiger partial charge on any atom is -0.376 e. The Morgan fingerprint density at radius 2 is 2.10 bits per heavy atom. The highest BCUT2D eigenvalue weighted by Gasteiger charge is 2.42. The number of nitrogens with one attached hydrogen (secondary N) is 1. The van der Waals surface area contributed by atoms with Crippen molar-refractivity contribution in [3.63, 3.8) is 0 Å². The maximum atomic E-state index is 12.7. The standard InChI is InChI=1S/C16H30N2O3/c1-5-12(4)15-16(19)18(14(17-15)8-11(2)3)9-13-10-20-6-7-21-13/h11-15,17H,5-10H2,1-4H3. The predicted molar refractivity (Wildman–Crippen MR) is 81.9 cm³/mol. The third kappa shape index (κ3) is 4.18. The van der Waals surface area contributed by atoms with Gasteiger partial charge in [-0.1, -0.05) is 34.1 Å². The molecule has 0 bridgehead atoms. The fourth-order valence-corrected chi connectivity index (χ4v) is 3.06. The summed E-state index contributed by atoms with van der Waals surface area (Å²) in [5, 5.41) is 3.54. The van der Waals surface area contributed by atoms with Crippen molar-refractivity contribution in [2.75, 3.05) is 26.4 Å². The molecule has 5 heteroatoms. The van der Waals surface area contributed by atoms with Crippen LogP contribution in [0.3, 0.4) is 0 Å². The van der Waals surface area contributed by atoms with Crippen LogP contribution in [0.2, 0.25) is 0 Å². The molecule has 0 spiro atoms. The molecule has 21 heavy (non-hydrogen) atoms. The first-order valence-electron chi connectivity index (χ1n) is 8.28. The molecule has 4 atom stereocenters. The predicted octanol–water partition coefficient (Wildman–Crippen LogP) is 1.62. The van der Waals surface area contributed by atoms with Gasteiger partial charge in [0.05, 0.1) is 44.7 Å². The molecular weight excluding hydrogens is 268 g/mol. The van der Waals surface area contributed by atoms with Gasteiger partial charge in [-0.15, -0.1) is 0 Å². The van der Waals surface area contributed by atoms with E-state index in [2.05, 4.69) is 33.0 Å². The lowest BCUT2D eigenvalue weighted by atomic mass is 9.99. The molecule has 0 aliphatic carbocycles. The van der Waals surface area contributed by atoms with E-state index in [9.17, 15) is 4.79 Å². The van der Waals surface area contributed by atoms with Crippen LogP contribution in [0.5, 0.6) is 0 Å². The Labute approximate surface area is 128 Å². The number of hydrogen-bond donors (Lipinski definition) is 1. The van der Waals surface area contributed by atoms with Crippen LogP contribution in [0, 0.1) is 11.8 Å². The number of amides is 1. The Kier molecular flexibility index (Phi) is 6.02. The average Bonchev–Trinajstić information content (AvgIpc) is 2.76. The number of hydrogen-bond acceptors (Lipinski definition) is 4. The van der Waals surface area contributed by atoms with E-state index in [0.717, 1.165) is 12.8 Å². The van der Waals surface area contributed by atoms with Gasteiger partial charge in [-0.05, 0) is 18.3 Å². The second-order valence-electron chi connectivity index (χ2n) is 6.73. The zero-order valence-electron chi connectivity index (χ0n) is 13.8. The van der Waals surface area contributed by atoms with E-state index < -0.39 is 0 Å². The highest BCUT2D eigenvalue weighted by molar-refractivity contribution is 5.84. The third-order valence-electron chi connectivity index (χ3n) is 4.49. The van der Waals surface area contributed by atoms with Crippen LogP contribution >= 0.6 is 0 Å². The molecule has 0 saturated carbocycles. The molecule has 2 aliphatic heterocycles. The van der Waals surface area contributed by atoms with Crippen molar-refractivity contribution in [3.05, 3.63) is 0 Å². The van der Waals surface area contributed by atoms with E-state index >= 15 is 0 Å². The molecule has 2 heterocycles. The fraction of sp³-hybridized carbons (Fsp3) is 0.938. The molecule has 2 fully saturated rings. The van der Waals surface area contributed by atoms with Gasteiger partial charge < -0.3 is 14.4 Å². The summed E-state index contributed by atoms with van der Waals surface area (Å²) in [6.07, 6.45) is 2.12. The first-order chi connectivity index (χ1) is 10.0. The number of nitrogens with zero attached hydrogens (tertiary/aromatic N) is 1. The Morgan fingerprint density at radius 3 is 2.67 bits per heavy atom. The molecule has 0 radical (unpaired) electrons. The molecule has 2 saturated heterocycles. The van der Waals surface area contributed by atoms with E-state index in [1.54, 1.807) is 0 Å². The van der Waals surface area contributed by atoms with Gasteiger partial charge in [-0.25, -0.2) is 0 Å². The molecule has 1 amide bonds. The second-order valence-corrected chi connectivity index (χ2v) is 6.73. The van der Waals surface area contributed by atoms with Gasteiger partial charge >= 0.3 is 0 Å². The molecule has 0 aromatic rings. The summed E-state index contributed by atoms with van der Waals surface area (Å²) >= 11 is 0. The summed E-state index contributed by atoms with van der Waals surface area (Å²) in [6, 6.07) is -0.0525. The molecular formula is C16H30N2O3. The minimum absolute atomic E-state index is 0.00912. The van der Waals surface area contributed by atoms with E-state index in [1.165, 1.54) is 0 Å². The monoisotopic (exact) mass is 298 g/mol. The zero-order chi connectivity index (χ0) is 15.4. The van der Waals surface area contributed by atoms with Crippen molar-refractivity contribution in [2.24, 2.45) is 11.8 Å². The summed E-state index contributed by atoms with van der Waals surface area (Å²) in [7, 11) is 0. The summed E-state index contributed by atoms with van der Waals surface area (Å²) in [4.78, 5) is 14.7. The van der Waals surface area contributed by atoms with Crippen LogP contribution in [0.1, 0.15) is 40.5 Å². The Bertz CT molecular complexity index is 342. The molecule has 1 N–H and O–H groups in total. The highest BCUT2D eigenvalue weighted by atomic mass is 16.6. The van der Waals surface area contributed by atoms with E-state index in [0.29, 0.717) is 38.2 Å². The van der Waals surface area contributed by atoms with Crippen molar-refractivity contribution >= 4 is 5.91 Å². The van der Waals surface area contributed by atoms with Crippen LogP contribution in [0.15, 0.2) is 0 Å². The van der Waals surface area contributed by atoms with Gasteiger partial charge in [-0.2, -0.15) is 0 Å². The van der Waals surface area contributed by atoms with E-state index in [-0.39, 0.29) is 24.2 Å². The van der Waals surface area contributed by atoms with Crippen molar-refractivity contribution in [1.82, 2.24) is 10.2 Å². The number of carbonyl (C=O) groups excluding carboxylic acids is 1. The largest absolute Gasteiger partial charge is 0.376 e. The van der Waals surface area contributed by atoms with E-state index in [4.69, 9.17) is 9.47 Å². The van der Waals surface area contributed by atoms with Crippen molar-refractivity contribution < 1.29 is 14.3 Å². The number of ether oxygens (including phenoxy) is 2. The summed E-state index contributed by atoms with van der Waals surface area (Å²) in [5.74, 6) is 1.14. The first kappa shape index (κ1) is 16.7. The molecule has 4 unspecified atom stereocenters. The molecule has 0 aromatic heterocycles. The van der Waals surface area contributed by atoms with Crippen LogP contribution in [0.25, 0.3) is 0 Å². The lowest BCUT2D eigenvalue weighted by molar-refractivity contribution is -0.138. The minimum atomic E-state index is -0.0525. The molecule has 0 aromatic carbocycles. The van der Waals surface area contributed by atoms with Gasteiger partial charge in [0.1, 0.15) is 0 Å². The maximum absolute atomic E-state index is 12.7. The van der Waals surface area contributed by atoms with Gasteiger partial charge in [0.15, 0.2) is 0 Å². The van der Waals surface area contributed by atoms with E-state index in [1.807, 2.05) is 4.90 Å². The lowest BCUT2D eigenvalue weighted by Crippen LogP contribution is -2.46. The third-order valence-corrected chi connectivity index (χ3v) is 4.49. The summed E-state index contributed by atoms with van der Waals surface area (Å²) in [6.45, 7) is 11.2.